The molecule has 0 saturated carbocycles. The van der Waals surface area contributed by atoms with Crippen molar-refractivity contribution in [1.29, 1.82) is 0 Å². The zero-order chi connectivity index (χ0) is 18.4. The number of aliphatic hydroxyl groups is 1. The van der Waals surface area contributed by atoms with Crippen LogP contribution in [0.4, 0.5) is 0 Å². The molecule has 27 heavy (non-hydrogen) atoms. The van der Waals surface area contributed by atoms with Crippen LogP contribution in [0, 0.1) is 6.92 Å². The molecule has 0 amide bonds. The van der Waals surface area contributed by atoms with Crippen LogP contribution in [0.3, 0.4) is 0 Å². The Hall–Kier alpha value is -1.72. The molecule has 0 aliphatic heterocycles. The molecule has 7 nitrogen and oxygen atoms in total. The Morgan fingerprint density at radius 2 is 2.15 bits per heavy atom. The summed E-state index contributed by atoms with van der Waals surface area (Å²) in [5, 5.41) is 21.8. The molecule has 0 fully saturated rings. The lowest BCUT2D eigenvalue weighted by Crippen LogP contribution is -2.38. The van der Waals surface area contributed by atoms with Gasteiger partial charge in [0.2, 0.25) is 5.89 Å². The summed E-state index contributed by atoms with van der Waals surface area (Å²) in [6, 6.07) is 10.1. The number of benzene rings is 1. The fraction of sp³-hybridized carbons (Fsp3) is 0.389. The first-order valence-corrected chi connectivity index (χ1v) is 9.45. The maximum atomic E-state index is 10.5. The predicted molar refractivity (Wildman–Crippen MR) is 119 cm³/mol. The first kappa shape index (κ1) is 21.6. The molecule has 9 heteroatoms. The SMILES string of the molecule is CCNC(=NCC(O)c1cc2ccccc2s1)NCCc1nc(C)no1.I. The Morgan fingerprint density at radius 1 is 1.33 bits per heavy atom. The van der Waals surface area contributed by atoms with Crippen molar-refractivity contribution in [2.24, 2.45) is 4.99 Å². The molecule has 2 heterocycles. The monoisotopic (exact) mass is 501 g/mol. The van der Waals surface area contributed by atoms with Gasteiger partial charge < -0.3 is 20.3 Å². The minimum absolute atomic E-state index is 0. The molecule has 146 valence electrons. The third kappa shape index (κ3) is 6.15. The Labute approximate surface area is 179 Å². The molecule has 3 N–H and O–H groups in total. The van der Waals surface area contributed by atoms with Gasteiger partial charge in [-0.15, -0.1) is 35.3 Å². The third-order valence-corrected chi connectivity index (χ3v) is 4.96. The van der Waals surface area contributed by atoms with E-state index in [4.69, 9.17) is 4.52 Å². The van der Waals surface area contributed by atoms with E-state index in [0.29, 0.717) is 37.2 Å². The second-order valence-corrected chi connectivity index (χ2v) is 6.95. The van der Waals surface area contributed by atoms with Gasteiger partial charge in [-0.2, -0.15) is 4.98 Å². The van der Waals surface area contributed by atoms with E-state index in [1.54, 1.807) is 18.3 Å². The zero-order valence-corrected chi connectivity index (χ0v) is 18.5. The molecule has 0 aliphatic rings. The number of guanidine groups is 1. The Balaban J connectivity index is 0.00000261. The van der Waals surface area contributed by atoms with Crippen LogP contribution < -0.4 is 10.6 Å². The number of nitrogens with zero attached hydrogens (tertiary/aromatic N) is 3. The van der Waals surface area contributed by atoms with Crippen molar-refractivity contribution in [1.82, 2.24) is 20.8 Å². The molecule has 3 rings (SSSR count). The number of aryl methyl sites for hydroxylation is 1. The molecule has 1 atom stereocenters. The highest BCUT2D eigenvalue weighted by molar-refractivity contribution is 14.0. The molecular formula is C18H24IN5O2S. The number of aliphatic imine (C=N–C) groups is 1. The summed E-state index contributed by atoms with van der Waals surface area (Å²) >= 11 is 1.60. The number of nitrogens with one attached hydrogen (secondary N) is 2. The van der Waals surface area contributed by atoms with Gasteiger partial charge in [-0.1, -0.05) is 23.4 Å². The Kier molecular flexibility index (Phi) is 8.45. The van der Waals surface area contributed by atoms with Crippen molar-refractivity contribution >= 4 is 51.4 Å². The van der Waals surface area contributed by atoms with Gasteiger partial charge in [-0.05, 0) is 31.4 Å². The lowest BCUT2D eigenvalue weighted by atomic mass is 10.2. The van der Waals surface area contributed by atoms with Crippen molar-refractivity contribution in [2.75, 3.05) is 19.6 Å². The summed E-state index contributed by atoms with van der Waals surface area (Å²) in [7, 11) is 0. The lowest BCUT2D eigenvalue weighted by molar-refractivity contribution is 0.191. The van der Waals surface area contributed by atoms with Crippen LogP contribution in [0.1, 0.15) is 29.6 Å². The maximum Gasteiger partial charge on any atom is 0.228 e. The second kappa shape index (κ2) is 10.6. The summed E-state index contributed by atoms with van der Waals surface area (Å²) < 4.78 is 6.26. The summed E-state index contributed by atoms with van der Waals surface area (Å²) in [6.45, 7) is 5.45. The Bertz CT molecular complexity index is 846. The van der Waals surface area contributed by atoms with E-state index < -0.39 is 6.10 Å². The molecule has 1 unspecified atom stereocenters. The molecule has 0 radical (unpaired) electrons. The van der Waals surface area contributed by atoms with Gasteiger partial charge in [-0.3, -0.25) is 4.99 Å². The third-order valence-electron chi connectivity index (χ3n) is 3.74. The fourth-order valence-corrected chi connectivity index (χ4v) is 3.55. The van der Waals surface area contributed by atoms with Gasteiger partial charge in [0.1, 0.15) is 6.10 Å². The first-order chi connectivity index (χ1) is 12.7. The van der Waals surface area contributed by atoms with Crippen molar-refractivity contribution in [2.45, 2.75) is 26.4 Å². The second-order valence-electron chi connectivity index (χ2n) is 5.83. The summed E-state index contributed by atoms with van der Waals surface area (Å²) in [4.78, 5) is 9.58. The van der Waals surface area contributed by atoms with Gasteiger partial charge in [0, 0.05) is 29.1 Å². The smallest absolute Gasteiger partial charge is 0.228 e. The van der Waals surface area contributed by atoms with E-state index in [1.807, 2.05) is 25.1 Å². The predicted octanol–water partition coefficient (Wildman–Crippen LogP) is 3.04. The van der Waals surface area contributed by atoms with E-state index in [9.17, 15) is 5.11 Å². The van der Waals surface area contributed by atoms with Gasteiger partial charge in [0.25, 0.3) is 0 Å². The number of hydrogen-bond acceptors (Lipinski definition) is 6. The number of thiophene rings is 1. The first-order valence-electron chi connectivity index (χ1n) is 8.63. The van der Waals surface area contributed by atoms with Crippen molar-refractivity contribution < 1.29 is 9.63 Å². The van der Waals surface area contributed by atoms with Gasteiger partial charge in [0.15, 0.2) is 11.8 Å². The van der Waals surface area contributed by atoms with Crippen molar-refractivity contribution in [3.63, 3.8) is 0 Å². The normalized spacial score (nSPS) is 12.6. The van der Waals surface area contributed by atoms with E-state index >= 15 is 0 Å². The average molecular weight is 501 g/mol. The largest absolute Gasteiger partial charge is 0.386 e. The Morgan fingerprint density at radius 3 is 2.85 bits per heavy atom. The molecule has 0 bridgehead atoms. The van der Waals surface area contributed by atoms with E-state index in [-0.39, 0.29) is 24.0 Å². The number of rotatable bonds is 7. The minimum atomic E-state index is -0.624. The van der Waals surface area contributed by atoms with Crippen molar-refractivity contribution in [3.05, 3.63) is 46.9 Å². The molecular weight excluding hydrogens is 477 g/mol. The molecule has 0 saturated heterocycles. The quantitative estimate of drug-likeness (QED) is 0.262. The summed E-state index contributed by atoms with van der Waals surface area (Å²) in [5.74, 6) is 1.88. The highest BCUT2D eigenvalue weighted by Gasteiger charge is 2.11. The number of hydrogen-bond donors (Lipinski definition) is 3. The maximum absolute atomic E-state index is 10.5. The minimum Gasteiger partial charge on any atom is -0.386 e. The van der Waals surface area contributed by atoms with Crippen molar-refractivity contribution in [3.8, 4) is 0 Å². The molecule has 0 aliphatic carbocycles. The molecule has 1 aromatic carbocycles. The van der Waals surface area contributed by atoms with Gasteiger partial charge in [0.05, 0.1) is 6.54 Å². The van der Waals surface area contributed by atoms with Crippen LogP contribution in [-0.2, 0) is 6.42 Å². The van der Waals surface area contributed by atoms with E-state index in [0.717, 1.165) is 16.8 Å². The van der Waals surface area contributed by atoms with Crippen LogP contribution in [0.2, 0.25) is 0 Å². The molecule has 3 aromatic rings. The highest BCUT2D eigenvalue weighted by Crippen LogP contribution is 2.29. The number of fused-ring (bicyclic) bond motifs is 1. The highest BCUT2D eigenvalue weighted by atomic mass is 127. The van der Waals surface area contributed by atoms with Crippen LogP contribution >= 0.6 is 35.3 Å². The van der Waals surface area contributed by atoms with Gasteiger partial charge >= 0.3 is 0 Å². The molecule has 2 aromatic heterocycles. The fourth-order valence-electron chi connectivity index (χ4n) is 2.51. The standard InChI is InChI=1S/C18H23N5O2S.HI/c1-3-19-18(20-9-8-17-22-12(2)23-25-17)21-11-14(24)16-10-13-6-4-5-7-15(13)26-16;/h4-7,10,14,24H,3,8-9,11H2,1-2H3,(H2,19,20,21);1H. The zero-order valence-electron chi connectivity index (χ0n) is 15.3. The van der Waals surface area contributed by atoms with Gasteiger partial charge in [-0.25, -0.2) is 0 Å². The topological polar surface area (TPSA) is 95.6 Å². The summed E-state index contributed by atoms with van der Waals surface area (Å²) in [5.41, 5.74) is 0. The molecule has 0 spiro atoms. The van der Waals surface area contributed by atoms with E-state index in [2.05, 4.69) is 37.9 Å². The summed E-state index contributed by atoms with van der Waals surface area (Å²) in [6.07, 6.45) is -0.00846. The number of aromatic nitrogens is 2. The van der Waals surface area contributed by atoms with E-state index in [1.165, 1.54) is 4.70 Å². The van der Waals surface area contributed by atoms with Crippen LogP contribution in [0.15, 0.2) is 39.8 Å². The lowest BCUT2D eigenvalue weighted by Gasteiger charge is -2.11. The number of halogens is 1. The van der Waals surface area contributed by atoms with Crippen LogP contribution in [-0.4, -0.2) is 40.8 Å². The van der Waals surface area contributed by atoms with Crippen LogP contribution in [0.25, 0.3) is 10.1 Å². The average Bonchev–Trinajstić information content (AvgIpc) is 3.25. The number of aliphatic hydroxyl groups excluding tert-OH is 1. The van der Waals surface area contributed by atoms with Crippen LogP contribution in [0.5, 0.6) is 0 Å².